The zero-order valence-electron chi connectivity index (χ0n) is 11.7. The molecule has 0 aromatic carbocycles. The first kappa shape index (κ1) is 16.0. The number of hydrogen-bond acceptors (Lipinski definition) is 3. The van der Waals surface area contributed by atoms with Gasteiger partial charge in [0.2, 0.25) is 5.91 Å². The van der Waals surface area contributed by atoms with Crippen LogP contribution >= 0.6 is 0 Å². The molecule has 0 aromatic rings. The van der Waals surface area contributed by atoms with Crippen LogP contribution in [0.25, 0.3) is 0 Å². The first-order valence-corrected chi connectivity index (χ1v) is 7.33. The summed E-state index contributed by atoms with van der Waals surface area (Å²) in [5, 5.41) is 12.0. The third-order valence-electron chi connectivity index (χ3n) is 3.98. The Balaban J connectivity index is 2.61. The van der Waals surface area contributed by atoms with E-state index < -0.39 is 12.0 Å². The van der Waals surface area contributed by atoms with Crippen LogP contribution in [0.2, 0.25) is 0 Å². The number of rotatable bonds is 7. The molecule has 5 heteroatoms. The van der Waals surface area contributed by atoms with Gasteiger partial charge in [-0.25, -0.2) is 4.79 Å². The van der Waals surface area contributed by atoms with E-state index in [4.69, 9.17) is 5.73 Å². The van der Waals surface area contributed by atoms with Gasteiger partial charge in [0.05, 0.1) is 5.92 Å². The molecule has 0 heterocycles. The predicted octanol–water partition coefficient (Wildman–Crippen LogP) is 1.51. The Morgan fingerprint density at radius 1 is 1.32 bits per heavy atom. The van der Waals surface area contributed by atoms with Crippen LogP contribution in [0, 0.1) is 11.8 Å². The Hall–Kier alpha value is -1.10. The molecule has 0 aliphatic heterocycles. The van der Waals surface area contributed by atoms with E-state index in [0.717, 1.165) is 38.5 Å². The van der Waals surface area contributed by atoms with Gasteiger partial charge >= 0.3 is 5.97 Å². The molecular formula is C14H26N2O3. The lowest BCUT2D eigenvalue weighted by Gasteiger charge is -2.29. The van der Waals surface area contributed by atoms with Gasteiger partial charge in [-0.05, 0) is 25.2 Å². The van der Waals surface area contributed by atoms with Crippen molar-refractivity contribution >= 4 is 11.9 Å². The van der Waals surface area contributed by atoms with Crippen LogP contribution in [0.15, 0.2) is 0 Å². The number of amides is 1. The summed E-state index contributed by atoms with van der Waals surface area (Å²) in [5.41, 5.74) is 5.58. The van der Waals surface area contributed by atoms with Crippen molar-refractivity contribution in [1.82, 2.24) is 5.32 Å². The lowest BCUT2D eigenvalue weighted by Crippen LogP contribution is -2.49. The summed E-state index contributed by atoms with van der Waals surface area (Å²) in [4.78, 5) is 23.4. The Bertz CT molecular complexity index is 301. The summed E-state index contributed by atoms with van der Waals surface area (Å²) in [6, 6.07) is -0.751. The van der Waals surface area contributed by atoms with Gasteiger partial charge in [0, 0.05) is 6.54 Å². The fourth-order valence-electron chi connectivity index (χ4n) is 2.82. The molecule has 1 aliphatic rings. The molecule has 0 aromatic heterocycles. The minimum absolute atomic E-state index is 0.0650. The fraction of sp³-hybridized carbons (Fsp3) is 0.857. The molecule has 4 N–H and O–H groups in total. The molecule has 110 valence electrons. The summed E-state index contributed by atoms with van der Waals surface area (Å²) < 4.78 is 0. The number of carboxylic acids is 1. The van der Waals surface area contributed by atoms with Crippen molar-refractivity contribution in [2.24, 2.45) is 17.6 Å². The van der Waals surface area contributed by atoms with Crippen LogP contribution in [0.4, 0.5) is 0 Å². The maximum atomic E-state index is 12.1. The van der Waals surface area contributed by atoms with Crippen molar-refractivity contribution in [1.29, 1.82) is 0 Å². The van der Waals surface area contributed by atoms with Gasteiger partial charge in [-0.2, -0.15) is 0 Å². The number of carbonyl (C=O) groups is 2. The molecule has 1 amide bonds. The van der Waals surface area contributed by atoms with Crippen LogP contribution in [0.5, 0.6) is 0 Å². The maximum absolute atomic E-state index is 12.1. The zero-order valence-corrected chi connectivity index (χ0v) is 11.7. The highest BCUT2D eigenvalue weighted by Crippen LogP contribution is 2.26. The van der Waals surface area contributed by atoms with Crippen LogP contribution in [0.1, 0.15) is 51.9 Å². The van der Waals surface area contributed by atoms with Crippen molar-refractivity contribution in [3.8, 4) is 0 Å². The SMILES string of the molecule is CCCC(CN)C(=O)NC(C(=O)O)C1CCCCC1. The molecule has 19 heavy (non-hydrogen) atoms. The molecule has 0 spiro atoms. The molecule has 1 aliphatic carbocycles. The summed E-state index contributed by atoms with van der Waals surface area (Å²) in [5.74, 6) is -1.33. The van der Waals surface area contributed by atoms with Gasteiger partial charge in [0.1, 0.15) is 6.04 Å². The Morgan fingerprint density at radius 2 is 1.95 bits per heavy atom. The summed E-state index contributed by atoms with van der Waals surface area (Å²) >= 11 is 0. The minimum Gasteiger partial charge on any atom is -0.480 e. The normalized spacial score (nSPS) is 19.7. The van der Waals surface area contributed by atoms with E-state index >= 15 is 0 Å². The second-order valence-electron chi connectivity index (χ2n) is 5.44. The quantitative estimate of drug-likeness (QED) is 0.654. The second kappa shape index (κ2) is 8.15. The molecule has 0 saturated heterocycles. The van der Waals surface area contributed by atoms with Gasteiger partial charge < -0.3 is 16.2 Å². The summed E-state index contributed by atoms with van der Waals surface area (Å²) in [7, 11) is 0. The Labute approximate surface area is 114 Å². The molecule has 2 unspecified atom stereocenters. The highest BCUT2D eigenvalue weighted by atomic mass is 16.4. The second-order valence-corrected chi connectivity index (χ2v) is 5.44. The van der Waals surface area contributed by atoms with E-state index in [1.165, 1.54) is 0 Å². The molecule has 2 atom stereocenters. The van der Waals surface area contributed by atoms with E-state index in [9.17, 15) is 14.7 Å². The molecular weight excluding hydrogens is 244 g/mol. The Kier molecular flexibility index (Phi) is 6.84. The minimum atomic E-state index is -0.924. The molecule has 0 radical (unpaired) electrons. The highest BCUT2D eigenvalue weighted by Gasteiger charge is 2.32. The number of aliphatic carboxylic acids is 1. The predicted molar refractivity (Wildman–Crippen MR) is 73.6 cm³/mol. The average Bonchev–Trinajstić information content (AvgIpc) is 2.42. The zero-order chi connectivity index (χ0) is 14.3. The van der Waals surface area contributed by atoms with Crippen LogP contribution < -0.4 is 11.1 Å². The molecule has 0 bridgehead atoms. The molecule has 1 rings (SSSR count). The van der Waals surface area contributed by atoms with Crippen molar-refractivity contribution in [2.75, 3.05) is 6.54 Å². The van der Waals surface area contributed by atoms with Gasteiger partial charge in [-0.15, -0.1) is 0 Å². The Morgan fingerprint density at radius 3 is 2.42 bits per heavy atom. The smallest absolute Gasteiger partial charge is 0.326 e. The molecule has 1 fully saturated rings. The van der Waals surface area contributed by atoms with Crippen molar-refractivity contribution in [3.63, 3.8) is 0 Å². The lowest BCUT2D eigenvalue weighted by atomic mass is 9.83. The number of hydrogen-bond donors (Lipinski definition) is 3. The highest BCUT2D eigenvalue weighted by molar-refractivity contribution is 5.85. The van der Waals surface area contributed by atoms with E-state index in [-0.39, 0.29) is 24.3 Å². The van der Waals surface area contributed by atoms with Crippen molar-refractivity contribution in [3.05, 3.63) is 0 Å². The van der Waals surface area contributed by atoms with E-state index in [1.807, 2.05) is 6.92 Å². The fourth-order valence-corrected chi connectivity index (χ4v) is 2.82. The monoisotopic (exact) mass is 270 g/mol. The topological polar surface area (TPSA) is 92.4 Å². The summed E-state index contributed by atoms with van der Waals surface area (Å²) in [6.45, 7) is 2.27. The van der Waals surface area contributed by atoms with Crippen LogP contribution in [0.3, 0.4) is 0 Å². The van der Waals surface area contributed by atoms with E-state index in [0.29, 0.717) is 6.42 Å². The van der Waals surface area contributed by atoms with Crippen LogP contribution in [-0.4, -0.2) is 29.6 Å². The number of carbonyl (C=O) groups excluding carboxylic acids is 1. The van der Waals surface area contributed by atoms with Crippen molar-refractivity contribution < 1.29 is 14.7 Å². The van der Waals surface area contributed by atoms with Gasteiger partial charge in [0.25, 0.3) is 0 Å². The third-order valence-corrected chi connectivity index (χ3v) is 3.98. The van der Waals surface area contributed by atoms with E-state index in [2.05, 4.69) is 5.32 Å². The molecule has 1 saturated carbocycles. The van der Waals surface area contributed by atoms with Crippen LogP contribution in [-0.2, 0) is 9.59 Å². The van der Waals surface area contributed by atoms with Gasteiger partial charge in [-0.1, -0.05) is 32.6 Å². The number of carboxylic acid groups (broad SMARTS) is 1. The van der Waals surface area contributed by atoms with Crippen molar-refractivity contribution in [2.45, 2.75) is 57.9 Å². The molecule has 5 nitrogen and oxygen atoms in total. The standard InChI is InChI=1S/C14H26N2O3/c1-2-6-11(9-15)13(17)16-12(14(18)19)10-7-4-3-5-8-10/h10-12H,2-9,15H2,1H3,(H,16,17)(H,18,19). The number of nitrogens with one attached hydrogen (secondary N) is 1. The number of nitrogens with two attached hydrogens (primary N) is 1. The largest absolute Gasteiger partial charge is 0.480 e. The lowest BCUT2D eigenvalue weighted by molar-refractivity contribution is -0.144. The maximum Gasteiger partial charge on any atom is 0.326 e. The summed E-state index contributed by atoms with van der Waals surface area (Å²) in [6.07, 6.45) is 6.63. The first-order valence-electron chi connectivity index (χ1n) is 7.33. The average molecular weight is 270 g/mol. The third kappa shape index (κ3) is 4.82. The van der Waals surface area contributed by atoms with Gasteiger partial charge in [-0.3, -0.25) is 4.79 Å². The first-order chi connectivity index (χ1) is 9.10. The van der Waals surface area contributed by atoms with Gasteiger partial charge in [0.15, 0.2) is 0 Å². The van der Waals surface area contributed by atoms with E-state index in [1.54, 1.807) is 0 Å².